The van der Waals surface area contributed by atoms with Gasteiger partial charge in [0.25, 0.3) is 0 Å². The van der Waals surface area contributed by atoms with Crippen molar-refractivity contribution in [2.24, 2.45) is 17.3 Å². The van der Waals surface area contributed by atoms with E-state index in [1.54, 1.807) is 0 Å². The molecule has 0 aromatic heterocycles. The summed E-state index contributed by atoms with van der Waals surface area (Å²) in [6, 6.07) is 0. The number of hydrogen-bond donors (Lipinski definition) is 1. The summed E-state index contributed by atoms with van der Waals surface area (Å²) in [5.74, 6) is 1.83. The molecule has 2 nitrogen and oxygen atoms in total. The van der Waals surface area contributed by atoms with E-state index in [0.29, 0.717) is 5.41 Å². The third-order valence-electron chi connectivity index (χ3n) is 5.65. The van der Waals surface area contributed by atoms with Crippen LogP contribution in [0, 0.1) is 17.3 Å². The minimum absolute atomic E-state index is 0.183. The molecule has 2 saturated carbocycles. The van der Waals surface area contributed by atoms with Crippen LogP contribution in [-0.4, -0.2) is 25.8 Å². The van der Waals surface area contributed by atoms with Gasteiger partial charge >= 0.3 is 0 Å². The molecule has 0 saturated heterocycles. The molecule has 0 aliphatic heterocycles. The lowest BCUT2D eigenvalue weighted by molar-refractivity contribution is -0.0699. The second kappa shape index (κ2) is 6.13. The SMILES string of the molecule is COC1(CNCC2CCC(C(C)(C)C)CC2)CCC1. The van der Waals surface area contributed by atoms with E-state index in [2.05, 4.69) is 26.1 Å². The summed E-state index contributed by atoms with van der Waals surface area (Å²) in [5.41, 5.74) is 0.688. The minimum atomic E-state index is 0.183. The summed E-state index contributed by atoms with van der Waals surface area (Å²) in [6.45, 7) is 9.45. The van der Waals surface area contributed by atoms with Crippen LogP contribution < -0.4 is 5.32 Å². The highest BCUT2D eigenvalue weighted by Crippen LogP contribution is 2.39. The first kappa shape index (κ1) is 15.3. The first-order chi connectivity index (χ1) is 8.95. The van der Waals surface area contributed by atoms with Crippen LogP contribution in [0.2, 0.25) is 0 Å². The first-order valence-corrected chi connectivity index (χ1v) is 8.21. The number of nitrogens with one attached hydrogen (secondary N) is 1. The van der Waals surface area contributed by atoms with E-state index in [9.17, 15) is 0 Å². The number of ether oxygens (including phenoxy) is 1. The zero-order valence-electron chi connectivity index (χ0n) is 13.4. The Morgan fingerprint density at radius 3 is 2.16 bits per heavy atom. The molecule has 0 atom stereocenters. The van der Waals surface area contributed by atoms with Gasteiger partial charge in [-0.2, -0.15) is 0 Å². The number of methoxy groups -OCH3 is 1. The normalized spacial score (nSPS) is 30.9. The largest absolute Gasteiger partial charge is 0.377 e. The molecule has 2 aliphatic carbocycles. The van der Waals surface area contributed by atoms with Gasteiger partial charge in [-0.25, -0.2) is 0 Å². The van der Waals surface area contributed by atoms with E-state index in [4.69, 9.17) is 4.74 Å². The molecule has 0 heterocycles. The summed E-state index contributed by atoms with van der Waals surface area (Å²) < 4.78 is 5.66. The maximum Gasteiger partial charge on any atom is 0.0802 e. The lowest BCUT2D eigenvalue weighted by atomic mass is 9.70. The third-order valence-corrected chi connectivity index (χ3v) is 5.65. The van der Waals surface area contributed by atoms with Gasteiger partial charge in [-0.15, -0.1) is 0 Å². The predicted octanol–water partition coefficient (Wildman–Crippen LogP) is 4.00. The fourth-order valence-electron chi connectivity index (χ4n) is 3.76. The Hall–Kier alpha value is -0.0800. The Labute approximate surface area is 119 Å². The summed E-state index contributed by atoms with van der Waals surface area (Å²) in [5, 5.41) is 3.68. The summed E-state index contributed by atoms with van der Waals surface area (Å²) in [6.07, 6.45) is 9.49. The van der Waals surface area contributed by atoms with Gasteiger partial charge in [-0.1, -0.05) is 20.8 Å². The maximum atomic E-state index is 5.66. The molecule has 2 rings (SSSR count). The quantitative estimate of drug-likeness (QED) is 0.813. The second-order valence-electron chi connectivity index (χ2n) is 7.96. The molecule has 19 heavy (non-hydrogen) atoms. The first-order valence-electron chi connectivity index (χ1n) is 8.21. The van der Waals surface area contributed by atoms with Crippen molar-refractivity contribution in [3.8, 4) is 0 Å². The molecule has 0 aromatic carbocycles. The topological polar surface area (TPSA) is 21.3 Å². The van der Waals surface area contributed by atoms with Crippen LogP contribution in [0.5, 0.6) is 0 Å². The van der Waals surface area contributed by atoms with Crippen LogP contribution >= 0.6 is 0 Å². The molecule has 2 fully saturated rings. The molecular formula is C17H33NO. The highest BCUT2D eigenvalue weighted by atomic mass is 16.5. The van der Waals surface area contributed by atoms with Gasteiger partial charge in [0, 0.05) is 13.7 Å². The lowest BCUT2D eigenvalue weighted by Gasteiger charge is -2.41. The van der Waals surface area contributed by atoms with Gasteiger partial charge in [0.05, 0.1) is 5.60 Å². The van der Waals surface area contributed by atoms with Gasteiger partial charge in [0.2, 0.25) is 0 Å². The van der Waals surface area contributed by atoms with Crippen LogP contribution in [0.15, 0.2) is 0 Å². The van der Waals surface area contributed by atoms with Crippen molar-refractivity contribution >= 4 is 0 Å². The smallest absolute Gasteiger partial charge is 0.0802 e. The van der Waals surface area contributed by atoms with Crippen molar-refractivity contribution in [2.45, 2.75) is 71.3 Å². The standard InChI is InChI=1S/C17H33NO/c1-16(2,3)15-8-6-14(7-9-15)12-18-13-17(19-4)10-5-11-17/h14-15,18H,5-13H2,1-4H3. The summed E-state index contributed by atoms with van der Waals surface area (Å²) in [7, 11) is 1.87. The molecule has 0 aromatic rings. The van der Waals surface area contributed by atoms with E-state index in [0.717, 1.165) is 18.4 Å². The Kier molecular flexibility index (Phi) is 4.94. The fourth-order valence-corrected chi connectivity index (χ4v) is 3.76. The highest BCUT2D eigenvalue weighted by molar-refractivity contribution is 4.91. The molecule has 0 unspecified atom stereocenters. The minimum Gasteiger partial charge on any atom is -0.377 e. The van der Waals surface area contributed by atoms with Crippen molar-refractivity contribution in [1.82, 2.24) is 5.32 Å². The van der Waals surface area contributed by atoms with Crippen LogP contribution in [0.25, 0.3) is 0 Å². The average molecular weight is 267 g/mol. The van der Waals surface area contributed by atoms with Gasteiger partial charge in [0.1, 0.15) is 0 Å². The van der Waals surface area contributed by atoms with Gasteiger partial charge in [0.15, 0.2) is 0 Å². The summed E-state index contributed by atoms with van der Waals surface area (Å²) in [4.78, 5) is 0. The molecule has 2 aliphatic rings. The zero-order chi connectivity index (χ0) is 13.9. The highest BCUT2D eigenvalue weighted by Gasteiger charge is 2.36. The average Bonchev–Trinajstić information content (AvgIpc) is 2.32. The Morgan fingerprint density at radius 1 is 1.11 bits per heavy atom. The zero-order valence-corrected chi connectivity index (χ0v) is 13.4. The van der Waals surface area contributed by atoms with E-state index in [1.165, 1.54) is 51.5 Å². The van der Waals surface area contributed by atoms with Crippen LogP contribution in [0.4, 0.5) is 0 Å². The second-order valence-corrected chi connectivity index (χ2v) is 7.96. The van der Waals surface area contributed by atoms with Crippen LogP contribution in [0.1, 0.15) is 65.7 Å². The molecule has 2 heteroatoms. The van der Waals surface area contributed by atoms with Gasteiger partial charge in [-0.05, 0) is 68.7 Å². The van der Waals surface area contributed by atoms with Crippen molar-refractivity contribution in [1.29, 1.82) is 0 Å². The molecule has 1 N–H and O–H groups in total. The Morgan fingerprint density at radius 2 is 1.74 bits per heavy atom. The van der Waals surface area contributed by atoms with Crippen molar-refractivity contribution in [2.75, 3.05) is 20.2 Å². The third kappa shape index (κ3) is 3.95. The Bertz CT molecular complexity index is 264. The van der Waals surface area contributed by atoms with E-state index < -0.39 is 0 Å². The maximum absolute atomic E-state index is 5.66. The molecular weight excluding hydrogens is 234 g/mol. The van der Waals surface area contributed by atoms with Gasteiger partial charge < -0.3 is 10.1 Å². The van der Waals surface area contributed by atoms with E-state index in [-0.39, 0.29) is 5.60 Å². The molecule has 0 amide bonds. The molecule has 0 radical (unpaired) electrons. The van der Waals surface area contributed by atoms with Crippen molar-refractivity contribution in [3.05, 3.63) is 0 Å². The number of hydrogen-bond acceptors (Lipinski definition) is 2. The van der Waals surface area contributed by atoms with E-state index in [1.807, 2.05) is 7.11 Å². The lowest BCUT2D eigenvalue weighted by Crippen LogP contribution is -2.49. The monoisotopic (exact) mass is 267 g/mol. The van der Waals surface area contributed by atoms with Crippen LogP contribution in [0.3, 0.4) is 0 Å². The van der Waals surface area contributed by atoms with Crippen molar-refractivity contribution < 1.29 is 4.74 Å². The van der Waals surface area contributed by atoms with Crippen molar-refractivity contribution in [3.63, 3.8) is 0 Å². The Balaban J connectivity index is 1.63. The molecule has 0 spiro atoms. The number of rotatable bonds is 5. The fraction of sp³-hybridized carbons (Fsp3) is 1.00. The van der Waals surface area contributed by atoms with Gasteiger partial charge in [-0.3, -0.25) is 0 Å². The predicted molar refractivity (Wildman–Crippen MR) is 81.4 cm³/mol. The molecule has 0 bridgehead atoms. The van der Waals surface area contributed by atoms with E-state index >= 15 is 0 Å². The molecule has 112 valence electrons. The summed E-state index contributed by atoms with van der Waals surface area (Å²) >= 11 is 0. The van der Waals surface area contributed by atoms with Crippen LogP contribution in [-0.2, 0) is 4.74 Å².